The number of piperidine rings is 1. The van der Waals surface area contributed by atoms with Crippen LogP contribution < -0.4 is 16.4 Å². The summed E-state index contributed by atoms with van der Waals surface area (Å²) in [6, 6.07) is 11.9. The van der Waals surface area contributed by atoms with E-state index in [0.29, 0.717) is 18.0 Å². The maximum Gasteiger partial charge on any atom is 0.0222 e. The number of rotatable bonds is 1. The highest BCUT2D eigenvalue weighted by molar-refractivity contribution is 5.27. The fourth-order valence-corrected chi connectivity index (χ4v) is 4.74. The summed E-state index contributed by atoms with van der Waals surface area (Å²) < 4.78 is 0. The molecule has 1 aromatic carbocycles. The molecule has 4 N–H and O–H groups in total. The Morgan fingerprint density at radius 2 is 1.92 bits per heavy atom. The van der Waals surface area contributed by atoms with E-state index in [4.69, 9.17) is 5.73 Å². The Labute approximate surface area is 147 Å². The number of nitrogens with two attached hydrogens (primary N) is 1. The molecule has 0 saturated carbocycles. The molecule has 0 spiro atoms. The van der Waals surface area contributed by atoms with Crippen molar-refractivity contribution in [3.63, 3.8) is 0 Å². The quantitative estimate of drug-likeness (QED) is 0.742. The van der Waals surface area contributed by atoms with Crippen molar-refractivity contribution >= 4 is 0 Å². The van der Waals surface area contributed by atoms with Gasteiger partial charge in [-0.1, -0.05) is 50.6 Å². The monoisotopic (exact) mass is 329 g/mol. The van der Waals surface area contributed by atoms with Gasteiger partial charge >= 0.3 is 0 Å². The zero-order chi connectivity index (χ0) is 17.0. The van der Waals surface area contributed by atoms with Gasteiger partial charge in [-0.3, -0.25) is 0 Å². The molecule has 2 aliphatic heterocycles. The number of benzene rings is 1. The summed E-state index contributed by atoms with van der Waals surface area (Å²) in [7, 11) is 0. The SMILES string of the molecule is C[C@@H]1CCC[C@H](N)C2CC(CCN2)C(C)(c2ccccc2)CNC1. The van der Waals surface area contributed by atoms with Gasteiger partial charge in [-0.15, -0.1) is 0 Å². The second-order valence-electron chi connectivity index (χ2n) is 8.40. The molecular formula is C21H35N3. The van der Waals surface area contributed by atoms with Gasteiger partial charge in [0.1, 0.15) is 0 Å². The molecule has 0 aromatic heterocycles. The molecule has 2 saturated heterocycles. The Morgan fingerprint density at radius 1 is 1.12 bits per heavy atom. The van der Waals surface area contributed by atoms with Crippen LogP contribution in [0.5, 0.6) is 0 Å². The normalized spacial score (nSPS) is 38.8. The third-order valence-electron chi connectivity index (χ3n) is 6.51. The lowest BCUT2D eigenvalue weighted by Crippen LogP contribution is -2.54. The first-order valence-corrected chi connectivity index (χ1v) is 9.85. The zero-order valence-corrected chi connectivity index (χ0v) is 15.4. The van der Waals surface area contributed by atoms with Crippen LogP contribution in [0.4, 0.5) is 0 Å². The summed E-state index contributed by atoms with van der Waals surface area (Å²) in [5.74, 6) is 1.41. The maximum absolute atomic E-state index is 6.56. The van der Waals surface area contributed by atoms with Gasteiger partial charge in [0.05, 0.1) is 0 Å². The highest BCUT2D eigenvalue weighted by Gasteiger charge is 2.39. The van der Waals surface area contributed by atoms with Crippen LogP contribution in [0.3, 0.4) is 0 Å². The van der Waals surface area contributed by atoms with Gasteiger partial charge in [0, 0.05) is 24.0 Å². The van der Waals surface area contributed by atoms with Crippen molar-refractivity contribution in [1.82, 2.24) is 10.6 Å². The second-order valence-corrected chi connectivity index (χ2v) is 8.40. The predicted octanol–water partition coefficient (Wildman–Crippen LogP) is 3.05. The van der Waals surface area contributed by atoms with E-state index in [0.717, 1.165) is 32.0 Å². The minimum absolute atomic E-state index is 0.181. The predicted molar refractivity (Wildman–Crippen MR) is 102 cm³/mol. The van der Waals surface area contributed by atoms with Gasteiger partial charge in [0.15, 0.2) is 0 Å². The zero-order valence-electron chi connectivity index (χ0n) is 15.4. The maximum atomic E-state index is 6.56. The minimum Gasteiger partial charge on any atom is -0.326 e. The average Bonchev–Trinajstić information content (AvgIpc) is 2.61. The lowest BCUT2D eigenvalue weighted by Gasteiger charge is -2.45. The molecular weight excluding hydrogens is 294 g/mol. The van der Waals surface area contributed by atoms with Crippen LogP contribution in [0.2, 0.25) is 0 Å². The molecule has 0 amide bonds. The van der Waals surface area contributed by atoms with E-state index in [1.807, 2.05) is 0 Å². The molecule has 2 fully saturated rings. The number of fused-ring (bicyclic) bond motifs is 2. The Balaban J connectivity index is 1.87. The van der Waals surface area contributed by atoms with E-state index < -0.39 is 0 Å². The molecule has 3 rings (SSSR count). The van der Waals surface area contributed by atoms with Crippen LogP contribution >= 0.6 is 0 Å². The van der Waals surface area contributed by atoms with Gasteiger partial charge in [0.2, 0.25) is 0 Å². The summed E-state index contributed by atoms with van der Waals surface area (Å²) in [6.07, 6.45) is 6.12. The molecule has 0 aliphatic carbocycles. The number of hydrogen-bond acceptors (Lipinski definition) is 3. The summed E-state index contributed by atoms with van der Waals surface area (Å²) in [6.45, 7) is 8.11. The lowest BCUT2D eigenvalue weighted by atomic mass is 9.66. The van der Waals surface area contributed by atoms with Gasteiger partial charge in [-0.25, -0.2) is 0 Å². The van der Waals surface area contributed by atoms with E-state index in [1.165, 1.54) is 31.2 Å². The molecule has 0 radical (unpaired) electrons. The first kappa shape index (κ1) is 17.9. The molecule has 1 aromatic rings. The number of nitrogens with one attached hydrogen (secondary N) is 2. The van der Waals surface area contributed by atoms with Crippen molar-refractivity contribution in [3.05, 3.63) is 35.9 Å². The van der Waals surface area contributed by atoms with E-state index in [2.05, 4.69) is 54.8 Å². The van der Waals surface area contributed by atoms with E-state index in [1.54, 1.807) is 0 Å². The van der Waals surface area contributed by atoms with Crippen molar-refractivity contribution in [2.75, 3.05) is 19.6 Å². The topological polar surface area (TPSA) is 50.1 Å². The first-order valence-electron chi connectivity index (χ1n) is 9.85. The third-order valence-corrected chi connectivity index (χ3v) is 6.51. The Morgan fingerprint density at radius 3 is 2.71 bits per heavy atom. The largest absolute Gasteiger partial charge is 0.326 e. The second kappa shape index (κ2) is 7.99. The fraction of sp³-hybridized carbons (Fsp3) is 0.714. The van der Waals surface area contributed by atoms with E-state index in [9.17, 15) is 0 Å². The van der Waals surface area contributed by atoms with Gasteiger partial charge in [-0.2, -0.15) is 0 Å². The van der Waals surface area contributed by atoms with E-state index >= 15 is 0 Å². The summed E-state index contributed by atoms with van der Waals surface area (Å²) >= 11 is 0. The molecule has 3 heteroatoms. The molecule has 3 nitrogen and oxygen atoms in total. The molecule has 24 heavy (non-hydrogen) atoms. The highest BCUT2D eigenvalue weighted by Crippen LogP contribution is 2.39. The summed E-state index contributed by atoms with van der Waals surface area (Å²) in [4.78, 5) is 0. The van der Waals surface area contributed by atoms with Crippen LogP contribution in [0.1, 0.15) is 51.5 Å². The first-order chi connectivity index (χ1) is 11.6. The van der Waals surface area contributed by atoms with Gasteiger partial charge < -0.3 is 16.4 Å². The van der Waals surface area contributed by atoms with Crippen molar-refractivity contribution in [3.8, 4) is 0 Å². The third kappa shape index (κ3) is 4.01. The molecule has 134 valence electrons. The molecule has 5 atom stereocenters. The fourth-order valence-electron chi connectivity index (χ4n) is 4.74. The molecule has 2 bridgehead atoms. The van der Waals surface area contributed by atoms with Crippen molar-refractivity contribution in [1.29, 1.82) is 0 Å². The van der Waals surface area contributed by atoms with Crippen LogP contribution in [0.25, 0.3) is 0 Å². The lowest BCUT2D eigenvalue weighted by molar-refractivity contribution is 0.170. The summed E-state index contributed by atoms with van der Waals surface area (Å²) in [5.41, 5.74) is 8.21. The van der Waals surface area contributed by atoms with Crippen molar-refractivity contribution in [2.45, 2.75) is 63.5 Å². The van der Waals surface area contributed by atoms with Crippen LogP contribution in [0.15, 0.2) is 30.3 Å². The molecule has 2 heterocycles. The standard InChI is InChI=1S/C21H35N3/c1-16-7-6-10-19(22)20-13-18(11-12-24-20)21(2,15-23-14-16)17-8-4-3-5-9-17/h3-5,8-9,16,18-20,23-24H,6-7,10-15,22H2,1-2H3/t16-,18?,19+,20?,21?/m1/s1. The van der Waals surface area contributed by atoms with Gasteiger partial charge in [-0.05, 0) is 56.2 Å². The summed E-state index contributed by atoms with van der Waals surface area (Å²) in [5, 5.41) is 7.51. The number of hydrogen-bond donors (Lipinski definition) is 3. The Bertz CT molecular complexity index is 503. The van der Waals surface area contributed by atoms with E-state index in [-0.39, 0.29) is 5.41 Å². The Kier molecular flexibility index (Phi) is 5.96. The van der Waals surface area contributed by atoms with Crippen LogP contribution in [0, 0.1) is 11.8 Å². The van der Waals surface area contributed by atoms with Crippen LogP contribution in [-0.2, 0) is 5.41 Å². The average molecular weight is 330 g/mol. The highest BCUT2D eigenvalue weighted by atomic mass is 15.0. The molecule has 3 unspecified atom stereocenters. The van der Waals surface area contributed by atoms with Crippen LogP contribution in [-0.4, -0.2) is 31.7 Å². The Hall–Kier alpha value is -0.900. The smallest absolute Gasteiger partial charge is 0.0222 e. The van der Waals surface area contributed by atoms with Gasteiger partial charge in [0.25, 0.3) is 0 Å². The van der Waals surface area contributed by atoms with Crippen molar-refractivity contribution in [2.24, 2.45) is 17.6 Å². The molecule has 2 aliphatic rings. The van der Waals surface area contributed by atoms with Crippen molar-refractivity contribution < 1.29 is 0 Å². The minimum atomic E-state index is 0.181.